The fraction of sp³-hybridized carbons (Fsp3) is 0.100. The number of carbonyl (C=O) groups excluding carboxylic acids is 1. The van der Waals surface area contributed by atoms with Crippen molar-refractivity contribution >= 4 is 11.6 Å². The molecular weight excluding hydrogens is 300 g/mol. The Labute approximate surface area is 141 Å². The molecule has 0 unspecified atom stereocenters. The Morgan fingerprint density at radius 2 is 1.79 bits per heavy atom. The van der Waals surface area contributed by atoms with Crippen molar-refractivity contribution in [3.05, 3.63) is 78.0 Å². The largest absolute Gasteiger partial charge is 0.497 e. The number of carbonyl (C=O) groups is 1. The minimum absolute atomic E-state index is 0.187. The van der Waals surface area contributed by atoms with E-state index in [0.717, 1.165) is 11.3 Å². The van der Waals surface area contributed by atoms with Crippen molar-refractivity contribution in [3.8, 4) is 17.0 Å². The summed E-state index contributed by atoms with van der Waals surface area (Å²) in [5, 5.41) is 2.87. The Morgan fingerprint density at radius 3 is 2.50 bits per heavy atom. The van der Waals surface area contributed by atoms with E-state index in [-0.39, 0.29) is 5.91 Å². The van der Waals surface area contributed by atoms with Gasteiger partial charge in [0.25, 0.3) is 5.91 Å². The van der Waals surface area contributed by atoms with Crippen molar-refractivity contribution in [1.29, 1.82) is 0 Å². The Balaban J connectivity index is 1.82. The summed E-state index contributed by atoms with van der Waals surface area (Å²) in [7, 11) is 1.59. The zero-order valence-electron chi connectivity index (χ0n) is 13.6. The molecule has 1 N–H and O–H groups in total. The summed E-state index contributed by atoms with van der Waals surface area (Å²) in [5.41, 5.74) is 3.81. The number of hydrogen-bond acceptors (Lipinski definition) is 3. The molecular formula is C20H18N2O2. The number of hydrogen-bond donors (Lipinski definition) is 1. The molecule has 0 fully saturated rings. The fourth-order valence-corrected chi connectivity index (χ4v) is 2.47. The number of anilines is 1. The first-order valence-corrected chi connectivity index (χ1v) is 7.66. The topological polar surface area (TPSA) is 51.2 Å². The monoisotopic (exact) mass is 318 g/mol. The van der Waals surface area contributed by atoms with Gasteiger partial charge in [-0.25, -0.2) is 0 Å². The molecule has 4 nitrogen and oxygen atoms in total. The van der Waals surface area contributed by atoms with Gasteiger partial charge < -0.3 is 10.1 Å². The molecule has 1 aromatic heterocycles. The number of aryl methyl sites for hydroxylation is 1. The number of rotatable bonds is 4. The second-order valence-electron chi connectivity index (χ2n) is 5.38. The Hall–Kier alpha value is -3.14. The van der Waals surface area contributed by atoms with Crippen molar-refractivity contribution in [2.24, 2.45) is 0 Å². The minimum Gasteiger partial charge on any atom is -0.497 e. The molecule has 0 saturated heterocycles. The number of amides is 1. The molecule has 24 heavy (non-hydrogen) atoms. The van der Waals surface area contributed by atoms with Gasteiger partial charge >= 0.3 is 0 Å². The lowest BCUT2D eigenvalue weighted by molar-refractivity contribution is 0.102. The predicted octanol–water partition coefficient (Wildman–Crippen LogP) is 4.32. The maximum Gasteiger partial charge on any atom is 0.257 e. The van der Waals surface area contributed by atoms with E-state index >= 15 is 0 Å². The third-order valence-corrected chi connectivity index (χ3v) is 3.73. The van der Waals surface area contributed by atoms with Gasteiger partial charge in [0.05, 0.1) is 24.1 Å². The van der Waals surface area contributed by atoms with E-state index < -0.39 is 0 Å². The number of ether oxygens (including phenoxy) is 1. The van der Waals surface area contributed by atoms with Gasteiger partial charge in [-0.2, -0.15) is 0 Å². The lowest BCUT2D eigenvalue weighted by atomic mass is 10.1. The van der Waals surface area contributed by atoms with Gasteiger partial charge in [0.1, 0.15) is 5.75 Å². The van der Waals surface area contributed by atoms with Gasteiger partial charge in [-0.3, -0.25) is 9.78 Å². The summed E-state index contributed by atoms with van der Waals surface area (Å²) in [4.78, 5) is 17.0. The molecule has 1 amide bonds. The van der Waals surface area contributed by atoms with Gasteiger partial charge in [0.2, 0.25) is 0 Å². The molecule has 1 heterocycles. The van der Waals surface area contributed by atoms with Crippen LogP contribution in [0.2, 0.25) is 0 Å². The van der Waals surface area contributed by atoms with Crippen molar-refractivity contribution < 1.29 is 9.53 Å². The summed E-state index contributed by atoms with van der Waals surface area (Å²) in [6, 6.07) is 20.8. The molecule has 0 spiro atoms. The average molecular weight is 318 g/mol. The third-order valence-electron chi connectivity index (χ3n) is 3.73. The summed E-state index contributed by atoms with van der Waals surface area (Å²) in [5.74, 6) is 0.509. The molecule has 0 aliphatic carbocycles. The van der Waals surface area contributed by atoms with E-state index in [2.05, 4.69) is 10.3 Å². The van der Waals surface area contributed by atoms with Gasteiger partial charge in [-0.15, -0.1) is 0 Å². The van der Waals surface area contributed by atoms with Gasteiger partial charge in [-0.05, 0) is 31.2 Å². The number of methoxy groups -OCH3 is 1. The number of nitrogens with zero attached hydrogens (tertiary/aromatic N) is 1. The first-order valence-electron chi connectivity index (χ1n) is 7.66. The summed E-state index contributed by atoms with van der Waals surface area (Å²) >= 11 is 0. The average Bonchev–Trinajstić information content (AvgIpc) is 2.62. The highest BCUT2D eigenvalue weighted by molar-refractivity contribution is 6.05. The Morgan fingerprint density at radius 1 is 1.00 bits per heavy atom. The van der Waals surface area contributed by atoms with Crippen molar-refractivity contribution in [3.63, 3.8) is 0 Å². The smallest absolute Gasteiger partial charge is 0.257 e. The van der Waals surface area contributed by atoms with Gasteiger partial charge in [0, 0.05) is 17.3 Å². The maximum atomic E-state index is 12.5. The quantitative estimate of drug-likeness (QED) is 0.779. The van der Waals surface area contributed by atoms with Crippen LogP contribution in [-0.4, -0.2) is 18.0 Å². The maximum absolute atomic E-state index is 12.5. The minimum atomic E-state index is -0.187. The second-order valence-corrected chi connectivity index (χ2v) is 5.38. The summed E-state index contributed by atoms with van der Waals surface area (Å²) in [6.45, 7) is 1.84. The standard InChI is InChI=1S/C20H18N2O2/c1-14-18(11-12-19(21-14)15-7-4-3-5-8-15)20(23)22-16-9-6-10-17(13-16)24-2/h3-13H,1-2H3,(H,22,23). The van der Waals surface area contributed by atoms with Crippen molar-refractivity contribution in [2.75, 3.05) is 12.4 Å². The van der Waals surface area contributed by atoms with Crippen LogP contribution in [0.5, 0.6) is 5.75 Å². The van der Waals surface area contributed by atoms with E-state index in [1.54, 1.807) is 19.2 Å². The highest BCUT2D eigenvalue weighted by Gasteiger charge is 2.12. The van der Waals surface area contributed by atoms with Crippen molar-refractivity contribution in [2.45, 2.75) is 6.92 Å². The van der Waals surface area contributed by atoms with E-state index in [4.69, 9.17) is 4.74 Å². The molecule has 0 aliphatic rings. The van der Waals surface area contributed by atoms with Crippen LogP contribution in [0.4, 0.5) is 5.69 Å². The molecule has 120 valence electrons. The second kappa shape index (κ2) is 6.96. The van der Waals surface area contributed by atoms with Crippen LogP contribution in [0.1, 0.15) is 16.1 Å². The highest BCUT2D eigenvalue weighted by atomic mass is 16.5. The Kier molecular flexibility index (Phi) is 4.57. The van der Waals surface area contributed by atoms with Gasteiger partial charge in [0.15, 0.2) is 0 Å². The molecule has 0 bridgehead atoms. The third kappa shape index (κ3) is 3.43. The zero-order valence-corrected chi connectivity index (χ0v) is 13.6. The summed E-state index contributed by atoms with van der Waals surface area (Å²) in [6.07, 6.45) is 0. The number of benzene rings is 2. The highest BCUT2D eigenvalue weighted by Crippen LogP contribution is 2.21. The van der Waals surface area contributed by atoms with E-state index in [1.165, 1.54) is 0 Å². The molecule has 0 saturated carbocycles. The molecule has 4 heteroatoms. The molecule has 0 radical (unpaired) electrons. The first kappa shape index (κ1) is 15.7. The number of pyridine rings is 1. The SMILES string of the molecule is COc1cccc(NC(=O)c2ccc(-c3ccccc3)nc2C)c1. The fourth-order valence-electron chi connectivity index (χ4n) is 2.47. The van der Waals surface area contributed by atoms with Crippen LogP contribution in [0, 0.1) is 6.92 Å². The van der Waals surface area contributed by atoms with Crippen LogP contribution in [0.3, 0.4) is 0 Å². The van der Waals surface area contributed by atoms with Crippen LogP contribution in [-0.2, 0) is 0 Å². The zero-order chi connectivity index (χ0) is 16.9. The number of aromatic nitrogens is 1. The predicted molar refractivity (Wildman–Crippen MR) is 95.4 cm³/mol. The lowest BCUT2D eigenvalue weighted by Crippen LogP contribution is -2.14. The van der Waals surface area contributed by atoms with E-state index in [0.29, 0.717) is 22.7 Å². The summed E-state index contributed by atoms with van der Waals surface area (Å²) < 4.78 is 5.17. The molecule has 3 rings (SSSR count). The van der Waals surface area contributed by atoms with E-state index in [1.807, 2.05) is 61.5 Å². The van der Waals surface area contributed by atoms with Crippen LogP contribution >= 0.6 is 0 Å². The lowest BCUT2D eigenvalue weighted by Gasteiger charge is -2.10. The van der Waals surface area contributed by atoms with Crippen LogP contribution < -0.4 is 10.1 Å². The van der Waals surface area contributed by atoms with Crippen LogP contribution in [0.15, 0.2) is 66.7 Å². The molecule has 0 aliphatic heterocycles. The first-order chi connectivity index (χ1) is 11.7. The van der Waals surface area contributed by atoms with Crippen LogP contribution in [0.25, 0.3) is 11.3 Å². The molecule has 0 atom stereocenters. The Bertz CT molecular complexity index is 861. The van der Waals surface area contributed by atoms with E-state index in [9.17, 15) is 4.79 Å². The normalized spacial score (nSPS) is 10.2. The van der Waals surface area contributed by atoms with Gasteiger partial charge in [-0.1, -0.05) is 36.4 Å². The molecule has 2 aromatic carbocycles. The van der Waals surface area contributed by atoms with Crippen molar-refractivity contribution in [1.82, 2.24) is 4.98 Å². The molecule has 3 aromatic rings. The number of nitrogens with one attached hydrogen (secondary N) is 1.